The second kappa shape index (κ2) is 13.8. The van der Waals surface area contributed by atoms with Crippen molar-refractivity contribution < 1.29 is 4.79 Å². The van der Waals surface area contributed by atoms with Gasteiger partial charge in [0, 0.05) is 6.54 Å². The third-order valence-corrected chi connectivity index (χ3v) is 3.48. The van der Waals surface area contributed by atoms with Gasteiger partial charge in [0.1, 0.15) is 0 Å². The molecular weight excluding hydrogens is 321 g/mol. The van der Waals surface area contributed by atoms with Crippen LogP contribution in [-0.2, 0) is 11.2 Å². The zero-order chi connectivity index (χ0) is 14.8. The van der Waals surface area contributed by atoms with Crippen molar-refractivity contribution in [2.75, 3.05) is 26.2 Å². The molecule has 6 heteroatoms. The molecule has 3 N–H and O–H groups in total. The number of hydrogen-bond donors (Lipinski definition) is 2. The lowest BCUT2D eigenvalue weighted by molar-refractivity contribution is -0.122. The number of hydrogen-bond acceptors (Lipinski definition) is 3. The van der Waals surface area contributed by atoms with Crippen LogP contribution in [0.25, 0.3) is 0 Å². The number of carbonyl (C=O) groups excluding carboxylic acids is 1. The average Bonchev–Trinajstić information content (AvgIpc) is 2.48. The van der Waals surface area contributed by atoms with E-state index in [9.17, 15) is 4.79 Å². The molecule has 1 atom stereocenters. The van der Waals surface area contributed by atoms with Crippen molar-refractivity contribution >= 4 is 30.7 Å². The van der Waals surface area contributed by atoms with E-state index >= 15 is 0 Å². The lowest BCUT2D eigenvalue weighted by Crippen LogP contribution is -2.42. The molecule has 4 nitrogen and oxygen atoms in total. The van der Waals surface area contributed by atoms with Gasteiger partial charge in [0.2, 0.25) is 5.91 Å². The van der Waals surface area contributed by atoms with Crippen LogP contribution in [0.15, 0.2) is 30.3 Å². The van der Waals surface area contributed by atoms with Crippen LogP contribution < -0.4 is 11.1 Å². The highest BCUT2D eigenvalue weighted by atomic mass is 35.5. The summed E-state index contributed by atoms with van der Waals surface area (Å²) in [6.45, 7) is 8.12. The number of rotatable bonds is 9. The molecule has 0 spiro atoms. The van der Waals surface area contributed by atoms with E-state index in [0.717, 1.165) is 31.6 Å². The first-order valence-electron chi connectivity index (χ1n) is 7.47. The van der Waals surface area contributed by atoms with E-state index in [2.05, 4.69) is 24.1 Å². The van der Waals surface area contributed by atoms with Crippen LogP contribution in [0, 0.1) is 0 Å². The zero-order valence-corrected chi connectivity index (χ0v) is 15.1. The summed E-state index contributed by atoms with van der Waals surface area (Å²) in [5, 5.41) is 2.92. The predicted molar refractivity (Wildman–Crippen MR) is 98.0 cm³/mol. The molecule has 0 aliphatic carbocycles. The first-order chi connectivity index (χ1) is 9.67. The van der Waals surface area contributed by atoms with Gasteiger partial charge in [-0.15, -0.1) is 24.8 Å². The van der Waals surface area contributed by atoms with E-state index in [1.165, 1.54) is 0 Å². The smallest absolute Gasteiger partial charge is 0.237 e. The highest BCUT2D eigenvalue weighted by Crippen LogP contribution is 2.01. The summed E-state index contributed by atoms with van der Waals surface area (Å²) in [6.07, 6.45) is 1.55. The molecule has 0 fully saturated rings. The van der Waals surface area contributed by atoms with Crippen molar-refractivity contribution in [1.29, 1.82) is 0 Å². The van der Waals surface area contributed by atoms with Gasteiger partial charge >= 0.3 is 0 Å². The topological polar surface area (TPSA) is 58.4 Å². The van der Waals surface area contributed by atoms with Crippen molar-refractivity contribution in [2.45, 2.75) is 32.7 Å². The summed E-state index contributed by atoms with van der Waals surface area (Å²) in [6, 6.07) is 9.41. The van der Waals surface area contributed by atoms with Gasteiger partial charge in [-0.05, 0) is 38.0 Å². The molecule has 1 unspecified atom stereocenters. The minimum atomic E-state index is -0.467. The zero-order valence-electron chi connectivity index (χ0n) is 13.5. The normalized spacial score (nSPS) is 11.3. The number of carbonyl (C=O) groups is 1. The number of amides is 1. The van der Waals surface area contributed by atoms with E-state index in [4.69, 9.17) is 5.73 Å². The lowest BCUT2D eigenvalue weighted by Gasteiger charge is -2.18. The number of halogens is 2. The molecule has 1 aromatic carbocycles. The Hall–Kier alpha value is -0.810. The Morgan fingerprint density at radius 1 is 1.18 bits per heavy atom. The Morgan fingerprint density at radius 3 is 2.32 bits per heavy atom. The van der Waals surface area contributed by atoms with Crippen molar-refractivity contribution in [2.24, 2.45) is 5.73 Å². The van der Waals surface area contributed by atoms with Crippen LogP contribution in [0.2, 0.25) is 0 Å². The highest BCUT2D eigenvalue weighted by Gasteiger charge is 2.13. The second-order valence-electron chi connectivity index (χ2n) is 4.97. The third kappa shape index (κ3) is 9.26. The van der Waals surface area contributed by atoms with Crippen LogP contribution in [0.5, 0.6) is 0 Å². The molecule has 0 heterocycles. The summed E-state index contributed by atoms with van der Waals surface area (Å²) in [5.41, 5.74) is 7.02. The molecule has 22 heavy (non-hydrogen) atoms. The molecule has 0 bridgehead atoms. The maximum atomic E-state index is 11.9. The first-order valence-corrected chi connectivity index (χ1v) is 7.47. The van der Waals surface area contributed by atoms with Gasteiger partial charge in [0.05, 0.1) is 6.04 Å². The maximum absolute atomic E-state index is 11.9. The fourth-order valence-electron chi connectivity index (χ4n) is 2.15. The predicted octanol–water partition coefficient (Wildman–Crippen LogP) is 2.25. The van der Waals surface area contributed by atoms with Gasteiger partial charge < -0.3 is 16.0 Å². The van der Waals surface area contributed by atoms with Crippen molar-refractivity contribution in [3.63, 3.8) is 0 Å². The van der Waals surface area contributed by atoms with Gasteiger partial charge in [-0.1, -0.05) is 44.2 Å². The quantitative estimate of drug-likeness (QED) is 0.672. The summed E-state index contributed by atoms with van der Waals surface area (Å²) >= 11 is 0. The van der Waals surface area contributed by atoms with E-state index < -0.39 is 6.04 Å². The number of benzene rings is 1. The molecule has 1 aromatic rings. The Bertz CT molecular complexity index is 386. The van der Waals surface area contributed by atoms with Crippen molar-refractivity contribution in [3.8, 4) is 0 Å². The summed E-state index contributed by atoms with van der Waals surface area (Å²) < 4.78 is 0. The van der Waals surface area contributed by atoms with Gasteiger partial charge in [-0.3, -0.25) is 4.79 Å². The standard InChI is InChI=1S/C16H27N3O.2ClH/c1-3-19(4-2)12-8-11-18-16(20)15(17)13-14-9-6-5-7-10-14;;/h5-7,9-10,15H,3-4,8,11-13,17H2,1-2H3,(H,18,20);2*1H. The number of nitrogens with one attached hydrogen (secondary N) is 1. The van der Waals surface area contributed by atoms with Gasteiger partial charge in [-0.25, -0.2) is 0 Å². The first kappa shape index (κ1) is 23.5. The fourth-order valence-corrected chi connectivity index (χ4v) is 2.15. The average molecular weight is 350 g/mol. The molecule has 0 aliphatic rings. The number of nitrogens with zero attached hydrogens (tertiary/aromatic N) is 1. The van der Waals surface area contributed by atoms with E-state index in [-0.39, 0.29) is 30.7 Å². The van der Waals surface area contributed by atoms with Crippen LogP contribution in [-0.4, -0.2) is 43.0 Å². The second-order valence-corrected chi connectivity index (χ2v) is 4.97. The lowest BCUT2D eigenvalue weighted by atomic mass is 10.1. The third-order valence-electron chi connectivity index (χ3n) is 3.48. The molecule has 1 rings (SSSR count). The molecule has 0 radical (unpaired) electrons. The Kier molecular flexibility index (Phi) is 14.7. The van der Waals surface area contributed by atoms with Crippen LogP contribution in [0.1, 0.15) is 25.8 Å². The SMILES string of the molecule is CCN(CC)CCCNC(=O)C(N)Cc1ccccc1.Cl.Cl. The molecular formula is C16H29Cl2N3O. The summed E-state index contributed by atoms with van der Waals surface area (Å²) in [4.78, 5) is 14.2. The Balaban J connectivity index is 0. The molecule has 0 aromatic heterocycles. The maximum Gasteiger partial charge on any atom is 0.237 e. The van der Waals surface area contributed by atoms with E-state index in [1.54, 1.807) is 0 Å². The Labute approximate surface area is 146 Å². The fraction of sp³-hybridized carbons (Fsp3) is 0.562. The van der Waals surface area contributed by atoms with Crippen LogP contribution in [0.3, 0.4) is 0 Å². The minimum Gasteiger partial charge on any atom is -0.355 e. The highest BCUT2D eigenvalue weighted by molar-refractivity contribution is 5.85. The largest absolute Gasteiger partial charge is 0.355 e. The van der Waals surface area contributed by atoms with E-state index in [0.29, 0.717) is 13.0 Å². The molecule has 0 aliphatic heterocycles. The van der Waals surface area contributed by atoms with Gasteiger partial charge in [-0.2, -0.15) is 0 Å². The minimum absolute atomic E-state index is 0. The van der Waals surface area contributed by atoms with Gasteiger partial charge in [0.15, 0.2) is 0 Å². The van der Waals surface area contributed by atoms with Crippen LogP contribution in [0.4, 0.5) is 0 Å². The summed E-state index contributed by atoms with van der Waals surface area (Å²) in [7, 11) is 0. The molecule has 128 valence electrons. The monoisotopic (exact) mass is 349 g/mol. The van der Waals surface area contributed by atoms with E-state index in [1.807, 2.05) is 30.3 Å². The molecule has 1 amide bonds. The number of nitrogens with two attached hydrogens (primary N) is 1. The molecule has 0 saturated heterocycles. The van der Waals surface area contributed by atoms with Crippen molar-refractivity contribution in [3.05, 3.63) is 35.9 Å². The molecule has 0 saturated carbocycles. The van der Waals surface area contributed by atoms with Gasteiger partial charge in [0.25, 0.3) is 0 Å². The van der Waals surface area contributed by atoms with Crippen molar-refractivity contribution in [1.82, 2.24) is 10.2 Å². The van der Waals surface area contributed by atoms with Crippen LogP contribution >= 0.6 is 24.8 Å². The Morgan fingerprint density at radius 2 is 1.77 bits per heavy atom. The summed E-state index contributed by atoms with van der Waals surface area (Å²) in [5.74, 6) is -0.0617.